The molecule has 5 rings (SSSR count). The molecule has 37 heavy (non-hydrogen) atoms. The van der Waals surface area contributed by atoms with Crippen molar-refractivity contribution in [3.05, 3.63) is 65.5 Å². The lowest BCUT2D eigenvalue weighted by Crippen LogP contribution is -2.35. The topological polar surface area (TPSA) is 83.4 Å². The van der Waals surface area contributed by atoms with E-state index in [-0.39, 0.29) is 17.9 Å². The second kappa shape index (κ2) is 11.3. The molecule has 2 saturated heterocycles. The highest BCUT2D eigenvalue weighted by molar-refractivity contribution is 6.04. The first kappa shape index (κ1) is 25.1. The Labute approximate surface area is 218 Å². The van der Waals surface area contributed by atoms with Gasteiger partial charge >= 0.3 is 0 Å². The van der Waals surface area contributed by atoms with Crippen molar-refractivity contribution in [2.75, 3.05) is 38.0 Å². The van der Waals surface area contributed by atoms with Gasteiger partial charge in [0.15, 0.2) is 0 Å². The molecule has 3 aromatic rings. The Morgan fingerprint density at radius 2 is 1.89 bits per heavy atom. The SMILES string of the molecule is Cc1cc(C(=O)Nc2nc3cccc(C)c3n2[C@@H]2CCCCN(C(=O)C=CCN3CCCC3)C2)ccn1. The van der Waals surface area contributed by atoms with Gasteiger partial charge in [0.1, 0.15) is 0 Å². The van der Waals surface area contributed by atoms with Crippen molar-refractivity contribution in [2.45, 2.75) is 52.0 Å². The van der Waals surface area contributed by atoms with E-state index in [1.165, 1.54) is 12.8 Å². The molecule has 8 heteroatoms. The van der Waals surface area contributed by atoms with Crippen LogP contribution < -0.4 is 5.32 Å². The Kier molecular flexibility index (Phi) is 7.65. The lowest BCUT2D eigenvalue weighted by atomic mass is 10.1. The second-order valence-electron chi connectivity index (χ2n) is 10.2. The molecule has 0 bridgehead atoms. The van der Waals surface area contributed by atoms with Crippen molar-refractivity contribution in [1.82, 2.24) is 24.3 Å². The van der Waals surface area contributed by atoms with Crippen molar-refractivity contribution in [3.8, 4) is 0 Å². The van der Waals surface area contributed by atoms with E-state index in [1.807, 2.05) is 30.0 Å². The fourth-order valence-electron chi connectivity index (χ4n) is 5.53. The van der Waals surface area contributed by atoms with Crippen LogP contribution in [0.2, 0.25) is 0 Å². The van der Waals surface area contributed by atoms with E-state index in [2.05, 4.69) is 32.8 Å². The quantitative estimate of drug-likeness (QED) is 0.504. The highest BCUT2D eigenvalue weighted by Crippen LogP contribution is 2.32. The summed E-state index contributed by atoms with van der Waals surface area (Å²) in [6, 6.07) is 9.53. The highest BCUT2D eigenvalue weighted by atomic mass is 16.2. The summed E-state index contributed by atoms with van der Waals surface area (Å²) in [4.78, 5) is 39.7. The number of aromatic nitrogens is 3. The average molecular weight is 501 g/mol. The summed E-state index contributed by atoms with van der Waals surface area (Å²) in [7, 11) is 0. The van der Waals surface area contributed by atoms with E-state index in [0.717, 1.165) is 67.7 Å². The Bertz CT molecular complexity index is 1310. The number of benzene rings is 1. The molecule has 1 atom stereocenters. The highest BCUT2D eigenvalue weighted by Gasteiger charge is 2.27. The zero-order valence-electron chi connectivity index (χ0n) is 21.8. The minimum absolute atomic E-state index is 0.0130. The number of pyridine rings is 1. The number of nitrogens with one attached hydrogen (secondary N) is 1. The molecule has 194 valence electrons. The molecular formula is C29H36N6O2. The van der Waals surface area contributed by atoms with Crippen molar-refractivity contribution < 1.29 is 9.59 Å². The number of para-hydroxylation sites is 1. The van der Waals surface area contributed by atoms with Gasteiger partial charge in [-0.15, -0.1) is 0 Å². The molecule has 2 aromatic heterocycles. The minimum atomic E-state index is -0.217. The van der Waals surface area contributed by atoms with Gasteiger partial charge in [0.05, 0.1) is 17.1 Å². The number of nitrogens with zero attached hydrogens (tertiary/aromatic N) is 5. The standard InChI is InChI=1S/C29H36N6O2/c1-21-9-7-11-25-27(21)35(29(31-25)32-28(37)23-13-14-30-22(2)19-23)24-10-3-4-18-34(20-24)26(36)12-8-17-33-15-5-6-16-33/h7-9,11-14,19,24H,3-6,10,15-18,20H2,1-2H3,(H,31,32,37)/t24-/m1/s1. The van der Waals surface area contributed by atoms with Gasteiger partial charge in [-0.05, 0) is 82.8 Å². The number of amides is 2. The third-order valence-corrected chi connectivity index (χ3v) is 7.44. The van der Waals surface area contributed by atoms with E-state index in [4.69, 9.17) is 4.98 Å². The number of likely N-dealkylation sites (tertiary alicyclic amines) is 2. The van der Waals surface area contributed by atoms with Gasteiger partial charge < -0.3 is 9.47 Å². The molecule has 1 aromatic carbocycles. The van der Waals surface area contributed by atoms with Gasteiger partial charge in [-0.2, -0.15) is 0 Å². The zero-order valence-corrected chi connectivity index (χ0v) is 21.8. The van der Waals surface area contributed by atoms with Crippen molar-refractivity contribution in [3.63, 3.8) is 0 Å². The Balaban J connectivity index is 1.41. The monoisotopic (exact) mass is 500 g/mol. The maximum atomic E-state index is 13.2. The van der Waals surface area contributed by atoms with Crippen molar-refractivity contribution in [2.24, 2.45) is 0 Å². The summed E-state index contributed by atoms with van der Waals surface area (Å²) >= 11 is 0. The molecule has 0 radical (unpaired) electrons. The predicted octanol–water partition coefficient (Wildman–Crippen LogP) is 4.51. The first-order valence-electron chi connectivity index (χ1n) is 13.4. The van der Waals surface area contributed by atoms with Crippen LogP contribution in [-0.4, -0.2) is 68.9 Å². The number of fused-ring (bicyclic) bond motifs is 1. The Morgan fingerprint density at radius 1 is 1.08 bits per heavy atom. The molecule has 0 unspecified atom stereocenters. The number of anilines is 1. The number of hydrogen-bond acceptors (Lipinski definition) is 5. The lowest BCUT2D eigenvalue weighted by molar-refractivity contribution is -0.126. The van der Waals surface area contributed by atoms with Crippen LogP contribution in [0, 0.1) is 13.8 Å². The second-order valence-corrected chi connectivity index (χ2v) is 10.2. The number of rotatable bonds is 6. The summed E-state index contributed by atoms with van der Waals surface area (Å²) < 4.78 is 2.15. The number of hydrogen-bond donors (Lipinski definition) is 1. The molecule has 2 fully saturated rings. The van der Waals surface area contributed by atoms with E-state index in [9.17, 15) is 9.59 Å². The normalized spacial score (nSPS) is 19.0. The molecular weight excluding hydrogens is 464 g/mol. The summed E-state index contributed by atoms with van der Waals surface area (Å²) in [6.45, 7) is 8.33. The summed E-state index contributed by atoms with van der Waals surface area (Å²) in [5, 5.41) is 3.06. The molecule has 0 spiro atoms. The van der Waals surface area contributed by atoms with Crippen LogP contribution in [0.5, 0.6) is 0 Å². The summed E-state index contributed by atoms with van der Waals surface area (Å²) in [5.74, 6) is 0.365. The Morgan fingerprint density at radius 3 is 2.70 bits per heavy atom. The van der Waals surface area contributed by atoms with Crippen molar-refractivity contribution >= 4 is 28.8 Å². The maximum Gasteiger partial charge on any atom is 0.258 e. The molecule has 4 heterocycles. The van der Waals surface area contributed by atoms with E-state index in [0.29, 0.717) is 18.1 Å². The summed E-state index contributed by atoms with van der Waals surface area (Å²) in [5.41, 5.74) is 4.27. The van der Waals surface area contributed by atoms with Crippen LogP contribution in [0.1, 0.15) is 59.8 Å². The summed E-state index contributed by atoms with van der Waals surface area (Å²) in [6.07, 6.45) is 10.8. The smallest absolute Gasteiger partial charge is 0.258 e. The van der Waals surface area contributed by atoms with E-state index >= 15 is 0 Å². The van der Waals surface area contributed by atoms with Gasteiger partial charge in [0.2, 0.25) is 11.9 Å². The number of carbonyl (C=O) groups excluding carboxylic acids is 2. The predicted molar refractivity (Wildman–Crippen MR) is 146 cm³/mol. The average Bonchev–Trinajstić information content (AvgIpc) is 3.46. The van der Waals surface area contributed by atoms with Crippen molar-refractivity contribution in [1.29, 1.82) is 0 Å². The van der Waals surface area contributed by atoms with Gasteiger partial charge in [-0.3, -0.25) is 24.8 Å². The third-order valence-electron chi connectivity index (χ3n) is 7.44. The number of carbonyl (C=O) groups is 2. The van der Waals surface area contributed by atoms with Crippen LogP contribution in [0.4, 0.5) is 5.95 Å². The fraction of sp³-hybridized carbons (Fsp3) is 0.448. The van der Waals surface area contributed by atoms with Gasteiger partial charge in [0, 0.05) is 43.2 Å². The van der Waals surface area contributed by atoms with E-state index < -0.39 is 0 Å². The molecule has 0 aliphatic carbocycles. The maximum absolute atomic E-state index is 13.2. The first-order chi connectivity index (χ1) is 18.0. The largest absolute Gasteiger partial charge is 0.337 e. The first-order valence-corrected chi connectivity index (χ1v) is 13.4. The van der Waals surface area contributed by atoms with Gasteiger partial charge in [0.25, 0.3) is 5.91 Å². The van der Waals surface area contributed by atoms with Crippen LogP contribution in [-0.2, 0) is 4.79 Å². The van der Waals surface area contributed by atoms with E-state index in [1.54, 1.807) is 24.4 Å². The van der Waals surface area contributed by atoms with Crippen LogP contribution >= 0.6 is 0 Å². The molecule has 2 amide bonds. The molecule has 0 saturated carbocycles. The molecule has 2 aliphatic heterocycles. The lowest BCUT2D eigenvalue weighted by Gasteiger charge is -2.26. The van der Waals surface area contributed by atoms with Crippen LogP contribution in [0.25, 0.3) is 11.0 Å². The Hall–Kier alpha value is -3.52. The number of aryl methyl sites for hydroxylation is 2. The van der Waals surface area contributed by atoms with Gasteiger partial charge in [-0.25, -0.2) is 4.98 Å². The zero-order chi connectivity index (χ0) is 25.8. The molecule has 2 aliphatic rings. The van der Waals surface area contributed by atoms with Crippen LogP contribution in [0.3, 0.4) is 0 Å². The number of imidazole rings is 1. The minimum Gasteiger partial charge on any atom is -0.337 e. The third kappa shape index (κ3) is 5.74. The molecule has 8 nitrogen and oxygen atoms in total. The fourth-order valence-corrected chi connectivity index (χ4v) is 5.53. The molecule has 1 N–H and O–H groups in total. The van der Waals surface area contributed by atoms with Gasteiger partial charge in [-0.1, -0.05) is 18.2 Å². The van der Waals surface area contributed by atoms with Crippen LogP contribution in [0.15, 0.2) is 48.7 Å².